The first-order valence-electron chi connectivity index (χ1n) is 18.2. The molecule has 2 saturated heterocycles. The standard InChI is InChI=1S/C42H50N4O6/c1-3-50-39(48)26-44-42(49)43-25-33-11-7-12-35(23-33)36-13-8-14-37(24-36)41-51-38(30(2)40(52-41)34-17-15-32(29-47)16-18-34)28-46-21-19-45(20-22-46)27-31-9-5-4-6-10-31/h4-18,23-24,30,38,40-41,47H,3,19-22,25-29H2,1-2H3,(H2,43,44,49)/t30-,38+,40+,41+/m1/s1. The highest BCUT2D eigenvalue weighted by molar-refractivity contribution is 5.80. The number of carbonyl (C=O) groups excluding carboxylic acids is 2. The molecule has 10 nitrogen and oxygen atoms in total. The van der Waals surface area contributed by atoms with E-state index < -0.39 is 18.3 Å². The summed E-state index contributed by atoms with van der Waals surface area (Å²) in [5, 5.41) is 15.0. The van der Waals surface area contributed by atoms with Crippen LogP contribution in [0.1, 0.15) is 54.1 Å². The van der Waals surface area contributed by atoms with Gasteiger partial charge in [0.25, 0.3) is 0 Å². The van der Waals surface area contributed by atoms with E-state index in [2.05, 4.69) is 88.0 Å². The third kappa shape index (κ3) is 10.1. The van der Waals surface area contributed by atoms with Crippen molar-refractivity contribution in [3.8, 4) is 11.1 Å². The van der Waals surface area contributed by atoms with E-state index in [9.17, 15) is 14.7 Å². The Labute approximate surface area is 306 Å². The molecule has 6 rings (SSSR count). The molecule has 2 aliphatic heterocycles. The van der Waals surface area contributed by atoms with Gasteiger partial charge in [0.15, 0.2) is 6.29 Å². The summed E-state index contributed by atoms with van der Waals surface area (Å²) in [5.41, 5.74) is 7.14. The van der Waals surface area contributed by atoms with Crippen LogP contribution in [0, 0.1) is 5.92 Å². The van der Waals surface area contributed by atoms with E-state index in [1.807, 2.05) is 42.5 Å². The number of aliphatic hydroxyl groups is 1. The highest BCUT2D eigenvalue weighted by atomic mass is 16.7. The first kappa shape index (κ1) is 37.2. The van der Waals surface area contributed by atoms with E-state index in [0.29, 0.717) is 6.54 Å². The number of urea groups is 1. The minimum Gasteiger partial charge on any atom is -0.465 e. The van der Waals surface area contributed by atoms with Gasteiger partial charge in [0, 0.05) is 57.3 Å². The molecule has 0 saturated carbocycles. The summed E-state index contributed by atoms with van der Waals surface area (Å²) in [6.45, 7) is 10.1. The summed E-state index contributed by atoms with van der Waals surface area (Å²) in [6.07, 6.45) is -0.824. The Hall–Kier alpha value is -4.58. The fraction of sp³-hybridized carbons (Fsp3) is 0.381. The minimum atomic E-state index is -0.573. The highest BCUT2D eigenvalue weighted by Gasteiger charge is 2.39. The Morgan fingerprint density at radius 1 is 0.769 bits per heavy atom. The topological polar surface area (TPSA) is 113 Å². The van der Waals surface area contributed by atoms with E-state index in [1.54, 1.807) is 6.92 Å². The Morgan fingerprint density at radius 3 is 2.19 bits per heavy atom. The zero-order valence-electron chi connectivity index (χ0n) is 30.1. The van der Waals surface area contributed by atoms with Gasteiger partial charge in [-0.1, -0.05) is 97.9 Å². The number of hydrogen-bond acceptors (Lipinski definition) is 8. The van der Waals surface area contributed by atoms with Crippen LogP contribution >= 0.6 is 0 Å². The van der Waals surface area contributed by atoms with Crippen LogP contribution in [0.15, 0.2) is 103 Å². The van der Waals surface area contributed by atoms with Gasteiger partial charge in [-0.25, -0.2) is 4.79 Å². The molecule has 4 aromatic carbocycles. The molecule has 3 N–H and O–H groups in total. The van der Waals surface area contributed by atoms with Gasteiger partial charge >= 0.3 is 12.0 Å². The quantitative estimate of drug-likeness (QED) is 0.149. The lowest BCUT2D eigenvalue weighted by Gasteiger charge is -2.44. The van der Waals surface area contributed by atoms with Crippen molar-refractivity contribution < 1.29 is 28.9 Å². The van der Waals surface area contributed by atoms with Gasteiger partial charge in [0.2, 0.25) is 0 Å². The molecule has 0 aromatic heterocycles. The van der Waals surface area contributed by atoms with Gasteiger partial charge in [0.1, 0.15) is 6.54 Å². The van der Waals surface area contributed by atoms with Crippen LogP contribution in [-0.2, 0) is 38.7 Å². The first-order chi connectivity index (χ1) is 25.4. The number of ether oxygens (including phenoxy) is 3. The molecule has 0 unspecified atom stereocenters. The average Bonchev–Trinajstić information content (AvgIpc) is 3.18. The molecule has 0 spiro atoms. The predicted molar refractivity (Wildman–Crippen MR) is 200 cm³/mol. The maximum atomic E-state index is 12.2. The van der Waals surface area contributed by atoms with Crippen LogP contribution in [-0.4, -0.2) is 78.9 Å². The molecule has 0 radical (unpaired) electrons. The predicted octanol–water partition coefficient (Wildman–Crippen LogP) is 5.82. The van der Waals surface area contributed by atoms with Crippen LogP contribution in [0.2, 0.25) is 0 Å². The number of benzene rings is 4. The fourth-order valence-corrected chi connectivity index (χ4v) is 6.89. The van der Waals surface area contributed by atoms with Crippen molar-refractivity contribution in [2.24, 2.45) is 5.92 Å². The summed E-state index contributed by atoms with van der Waals surface area (Å²) in [4.78, 5) is 28.9. The summed E-state index contributed by atoms with van der Waals surface area (Å²) in [6, 6.07) is 34.5. The Morgan fingerprint density at radius 2 is 1.46 bits per heavy atom. The van der Waals surface area contributed by atoms with Gasteiger partial charge in [-0.3, -0.25) is 14.6 Å². The van der Waals surface area contributed by atoms with Crippen molar-refractivity contribution in [2.75, 3.05) is 45.9 Å². The molecule has 274 valence electrons. The van der Waals surface area contributed by atoms with Gasteiger partial charge in [-0.05, 0) is 52.4 Å². The normalized spacial score (nSPS) is 21.0. The molecule has 52 heavy (non-hydrogen) atoms. The lowest BCUT2D eigenvalue weighted by molar-refractivity contribution is -0.276. The fourth-order valence-electron chi connectivity index (χ4n) is 6.89. The second-order valence-corrected chi connectivity index (χ2v) is 13.6. The number of esters is 1. The number of aliphatic hydroxyl groups excluding tert-OH is 1. The van der Waals surface area contributed by atoms with Gasteiger partial charge in [0.05, 0.1) is 25.4 Å². The van der Waals surface area contributed by atoms with Gasteiger partial charge in [-0.2, -0.15) is 0 Å². The van der Waals surface area contributed by atoms with E-state index in [4.69, 9.17) is 14.2 Å². The first-order valence-corrected chi connectivity index (χ1v) is 18.2. The largest absolute Gasteiger partial charge is 0.465 e. The zero-order chi connectivity index (χ0) is 36.3. The van der Waals surface area contributed by atoms with Crippen LogP contribution in [0.25, 0.3) is 11.1 Å². The molecule has 2 aliphatic rings. The maximum Gasteiger partial charge on any atom is 0.325 e. The monoisotopic (exact) mass is 706 g/mol. The molecule has 4 atom stereocenters. The molecular weight excluding hydrogens is 656 g/mol. The number of piperazine rings is 1. The summed E-state index contributed by atoms with van der Waals surface area (Å²) < 4.78 is 18.5. The lowest BCUT2D eigenvalue weighted by Crippen LogP contribution is -2.51. The second-order valence-electron chi connectivity index (χ2n) is 13.6. The van der Waals surface area contributed by atoms with Crippen molar-refractivity contribution in [3.63, 3.8) is 0 Å². The number of nitrogens with zero attached hydrogens (tertiary/aromatic N) is 2. The number of rotatable bonds is 13. The van der Waals surface area contributed by atoms with Crippen molar-refractivity contribution in [1.82, 2.24) is 20.4 Å². The van der Waals surface area contributed by atoms with Crippen LogP contribution in [0.4, 0.5) is 4.79 Å². The number of hydrogen-bond donors (Lipinski definition) is 3. The van der Waals surface area contributed by atoms with Crippen LogP contribution in [0.3, 0.4) is 0 Å². The van der Waals surface area contributed by atoms with Crippen LogP contribution in [0.5, 0.6) is 0 Å². The van der Waals surface area contributed by atoms with Crippen molar-refractivity contribution >= 4 is 12.0 Å². The van der Waals surface area contributed by atoms with Gasteiger partial charge in [-0.15, -0.1) is 0 Å². The van der Waals surface area contributed by atoms with E-state index in [-0.39, 0.29) is 37.9 Å². The Bertz CT molecular complexity index is 1750. The molecule has 4 aromatic rings. The summed E-state index contributed by atoms with van der Waals surface area (Å²) >= 11 is 0. The molecular formula is C42H50N4O6. The summed E-state index contributed by atoms with van der Waals surface area (Å²) in [5.74, 6) is -0.380. The number of nitrogens with one attached hydrogen (secondary N) is 2. The molecule has 2 amide bonds. The van der Waals surface area contributed by atoms with Crippen molar-refractivity contribution in [3.05, 3.63) is 131 Å². The third-order valence-corrected chi connectivity index (χ3v) is 9.85. The molecule has 10 heteroatoms. The lowest BCUT2D eigenvalue weighted by atomic mass is 9.89. The van der Waals surface area contributed by atoms with Crippen molar-refractivity contribution in [2.45, 2.75) is 52.0 Å². The number of carbonyl (C=O) groups is 2. The Kier molecular flexibility index (Phi) is 13.1. The molecule has 0 aliphatic carbocycles. The molecule has 2 fully saturated rings. The number of amides is 2. The van der Waals surface area contributed by atoms with Crippen LogP contribution < -0.4 is 10.6 Å². The Balaban J connectivity index is 1.14. The van der Waals surface area contributed by atoms with E-state index in [0.717, 1.165) is 72.6 Å². The maximum absolute atomic E-state index is 12.2. The molecule has 2 heterocycles. The minimum absolute atomic E-state index is 0.00129. The van der Waals surface area contributed by atoms with E-state index >= 15 is 0 Å². The zero-order valence-corrected chi connectivity index (χ0v) is 30.1. The highest BCUT2D eigenvalue weighted by Crippen LogP contribution is 2.42. The SMILES string of the molecule is CCOC(=O)CNC(=O)NCc1cccc(-c2cccc([C@H]3O[C@@H](CN4CCN(Cc5ccccc5)CC4)[C@@H](C)[C@@H](c4ccc(CO)cc4)O3)c2)c1. The van der Waals surface area contributed by atoms with Gasteiger partial charge < -0.3 is 30.0 Å². The summed E-state index contributed by atoms with van der Waals surface area (Å²) in [7, 11) is 0. The molecule has 0 bridgehead atoms. The average molecular weight is 707 g/mol. The van der Waals surface area contributed by atoms with E-state index in [1.165, 1.54) is 5.56 Å². The third-order valence-electron chi connectivity index (χ3n) is 9.85. The smallest absolute Gasteiger partial charge is 0.325 e. The second kappa shape index (κ2) is 18.3. The van der Waals surface area contributed by atoms with Crippen molar-refractivity contribution in [1.29, 1.82) is 0 Å².